The molecule has 1 atom stereocenters. The molecule has 0 aromatic heterocycles. The second kappa shape index (κ2) is 3.69. The quantitative estimate of drug-likeness (QED) is 0.535. The Morgan fingerprint density at radius 2 is 2.36 bits per heavy atom. The van der Waals surface area contributed by atoms with E-state index in [9.17, 15) is 4.79 Å². The van der Waals surface area contributed by atoms with E-state index in [0.717, 1.165) is 6.54 Å². The van der Waals surface area contributed by atoms with Crippen molar-refractivity contribution in [1.82, 2.24) is 10.2 Å². The summed E-state index contributed by atoms with van der Waals surface area (Å²) in [5.41, 5.74) is 0. The Morgan fingerprint density at radius 3 is 2.82 bits per heavy atom. The first-order chi connectivity index (χ1) is 5.22. The summed E-state index contributed by atoms with van der Waals surface area (Å²) in [5.74, 6) is 0.0391. The van der Waals surface area contributed by atoms with E-state index in [1.165, 1.54) is 0 Å². The van der Waals surface area contributed by atoms with Gasteiger partial charge in [0.25, 0.3) is 5.91 Å². The molecule has 1 N–H and O–H groups in total. The van der Waals surface area contributed by atoms with E-state index in [2.05, 4.69) is 5.32 Å². The molecule has 0 radical (unpaired) electrons. The lowest BCUT2D eigenvalue weighted by Gasteiger charge is -2.25. The van der Waals surface area contributed by atoms with Gasteiger partial charge in [-0.05, 0) is 0 Å². The van der Waals surface area contributed by atoms with Crippen LogP contribution in [0, 0.1) is 0 Å². The summed E-state index contributed by atoms with van der Waals surface area (Å²) in [6.07, 6.45) is -0.279. The minimum absolute atomic E-state index is 0.0391. The van der Waals surface area contributed by atoms with Crippen LogP contribution in [0.1, 0.15) is 0 Å². The summed E-state index contributed by atoms with van der Waals surface area (Å²) < 4.78 is 5.25. The molecule has 0 unspecified atom stereocenters. The molecule has 4 heteroatoms. The van der Waals surface area contributed by atoms with Crippen molar-refractivity contribution in [1.29, 1.82) is 0 Å². The third kappa shape index (κ3) is 2.17. The van der Waals surface area contributed by atoms with Crippen molar-refractivity contribution < 1.29 is 9.53 Å². The Balaban J connectivity index is 2.39. The zero-order chi connectivity index (χ0) is 8.27. The lowest BCUT2D eigenvalue weighted by atomic mass is 10.3. The van der Waals surface area contributed by atoms with Gasteiger partial charge in [0.15, 0.2) is 0 Å². The molecule has 0 saturated carbocycles. The topological polar surface area (TPSA) is 41.6 Å². The van der Waals surface area contributed by atoms with Gasteiger partial charge in [-0.25, -0.2) is 0 Å². The van der Waals surface area contributed by atoms with E-state index in [1.54, 1.807) is 19.0 Å². The third-order valence-electron chi connectivity index (χ3n) is 1.64. The molecule has 64 valence electrons. The van der Waals surface area contributed by atoms with Crippen LogP contribution in [0.4, 0.5) is 0 Å². The highest BCUT2D eigenvalue weighted by atomic mass is 16.5. The number of amides is 1. The number of morpholine rings is 1. The maximum Gasteiger partial charge on any atom is 0.252 e. The number of carbonyl (C=O) groups is 1. The fraction of sp³-hybridized carbons (Fsp3) is 0.857. The van der Waals surface area contributed by atoms with Crippen LogP contribution in [0.25, 0.3) is 0 Å². The molecule has 1 aliphatic rings. The molecule has 0 aliphatic carbocycles. The second-order valence-electron chi connectivity index (χ2n) is 2.80. The van der Waals surface area contributed by atoms with Crippen molar-refractivity contribution in [3.05, 3.63) is 0 Å². The first-order valence-electron chi connectivity index (χ1n) is 3.75. The molecule has 0 spiro atoms. The van der Waals surface area contributed by atoms with E-state index >= 15 is 0 Å². The first-order valence-corrected chi connectivity index (χ1v) is 3.75. The molecule has 11 heavy (non-hydrogen) atoms. The summed E-state index contributed by atoms with van der Waals surface area (Å²) in [7, 11) is 3.47. The average Bonchev–Trinajstić information content (AvgIpc) is 2.05. The molecule has 0 bridgehead atoms. The molecule has 0 aromatic carbocycles. The van der Waals surface area contributed by atoms with Gasteiger partial charge >= 0.3 is 0 Å². The number of nitrogens with one attached hydrogen (secondary N) is 1. The SMILES string of the molecule is CN(C)C(=O)[C@@H]1CNCCO1. The predicted octanol–water partition coefficient (Wildman–Crippen LogP) is -0.937. The van der Waals surface area contributed by atoms with Crippen molar-refractivity contribution in [2.24, 2.45) is 0 Å². The van der Waals surface area contributed by atoms with Gasteiger partial charge in [0.1, 0.15) is 6.10 Å². The van der Waals surface area contributed by atoms with Crippen LogP contribution < -0.4 is 5.32 Å². The summed E-state index contributed by atoms with van der Waals surface area (Å²) in [5, 5.41) is 3.10. The second-order valence-corrected chi connectivity index (χ2v) is 2.80. The number of ether oxygens (including phenoxy) is 1. The van der Waals surface area contributed by atoms with Crippen molar-refractivity contribution in [3.63, 3.8) is 0 Å². The Kier molecular flexibility index (Phi) is 2.84. The molecule has 1 fully saturated rings. The number of nitrogens with zero attached hydrogens (tertiary/aromatic N) is 1. The van der Waals surface area contributed by atoms with Gasteiger partial charge < -0.3 is 15.0 Å². The fourth-order valence-corrected chi connectivity index (χ4v) is 1.01. The highest BCUT2D eigenvalue weighted by Crippen LogP contribution is 1.98. The largest absolute Gasteiger partial charge is 0.366 e. The van der Waals surface area contributed by atoms with Crippen LogP contribution in [0.15, 0.2) is 0 Å². The van der Waals surface area contributed by atoms with Crippen molar-refractivity contribution in [3.8, 4) is 0 Å². The summed E-state index contributed by atoms with van der Waals surface area (Å²) in [4.78, 5) is 12.8. The van der Waals surface area contributed by atoms with E-state index in [-0.39, 0.29) is 12.0 Å². The van der Waals surface area contributed by atoms with Crippen molar-refractivity contribution >= 4 is 5.91 Å². The van der Waals surface area contributed by atoms with Crippen LogP contribution in [0.3, 0.4) is 0 Å². The summed E-state index contributed by atoms with van der Waals surface area (Å²) in [6, 6.07) is 0. The number of carbonyl (C=O) groups excluding carboxylic acids is 1. The maximum absolute atomic E-state index is 11.3. The Labute approximate surface area is 66.5 Å². The lowest BCUT2D eigenvalue weighted by molar-refractivity contribution is -0.142. The smallest absolute Gasteiger partial charge is 0.252 e. The van der Waals surface area contributed by atoms with Gasteiger partial charge in [0.05, 0.1) is 6.61 Å². The van der Waals surface area contributed by atoms with Crippen LogP contribution in [-0.4, -0.2) is 50.7 Å². The summed E-state index contributed by atoms with van der Waals surface area (Å²) >= 11 is 0. The Morgan fingerprint density at radius 1 is 1.64 bits per heavy atom. The van der Waals surface area contributed by atoms with Crippen LogP contribution in [0.2, 0.25) is 0 Å². The normalized spacial score (nSPS) is 24.7. The van der Waals surface area contributed by atoms with E-state index in [4.69, 9.17) is 4.74 Å². The first kappa shape index (κ1) is 8.49. The number of hydrogen-bond acceptors (Lipinski definition) is 3. The third-order valence-corrected chi connectivity index (χ3v) is 1.64. The maximum atomic E-state index is 11.3. The van der Waals surface area contributed by atoms with Gasteiger partial charge in [0.2, 0.25) is 0 Å². The molecular weight excluding hydrogens is 144 g/mol. The minimum Gasteiger partial charge on any atom is -0.366 e. The molecule has 4 nitrogen and oxygen atoms in total. The Hall–Kier alpha value is -0.610. The van der Waals surface area contributed by atoms with Gasteiger partial charge in [-0.15, -0.1) is 0 Å². The van der Waals surface area contributed by atoms with Crippen LogP contribution in [-0.2, 0) is 9.53 Å². The molecule has 1 rings (SSSR count). The molecule has 1 amide bonds. The van der Waals surface area contributed by atoms with E-state index < -0.39 is 0 Å². The number of likely N-dealkylation sites (N-methyl/N-ethyl adjacent to an activating group) is 1. The number of hydrogen-bond donors (Lipinski definition) is 1. The fourth-order valence-electron chi connectivity index (χ4n) is 1.01. The van der Waals surface area contributed by atoms with Crippen molar-refractivity contribution in [2.45, 2.75) is 6.10 Å². The van der Waals surface area contributed by atoms with Crippen LogP contribution in [0.5, 0.6) is 0 Å². The zero-order valence-corrected chi connectivity index (χ0v) is 6.96. The average molecular weight is 158 g/mol. The van der Waals surface area contributed by atoms with Crippen molar-refractivity contribution in [2.75, 3.05) is 33.8 Å². The predicted molar refractivity (Wildman–Crippen MR) is 41.3 cm³/mol. The van der Waals surface area contributed by atoms with Gasteiger partial charge in [-0.1, -0.05) is 0 Å². The van der Waals surface area contributed by atoms with Gasteiger partial charge in [-0.2, -0.15) is 0 Å². The van der Waals surface area contributed by atoms with Gasteiger partial charge in [0, 0.05) is 27.2 Å². The summed E-state index contributed by atoms with van der Waals surface area (Å²) in [6.45, 7) is 2.11. The minimum atomic E-state index is -0.279. The lowest BCUT2D eigenvalue weighted by Crippen LogP contribution is -2.47. The van der Waals surface area contributed by atoms with Gasteiger partial charge in [-0.3, -0.25) is 4.79 Å². The molecule has 1 heterocycles. The van der Waals surface area contributed by atoms with Crippen LogP contribution >= 0.6 is 0 Å². The highest BCUT2D eigenvalue weighted by molar-refractivity contribution is 5.80. The molecular formula is C7H14N2O2. The standard InChI is InChI=1S/C7H14N2O2/c1-9(2)7(10)6-5-8-3-4-11-6/h6,8H,3-5H2,1-2H3/t6-/m0/s1. The van der Waals surface area contributed by atoms with E-state index in [1.807, 2.05) is 0 Å². The number of rotatable bonds is 1. The monoisotopic (exact) mass is 158 g/mol. The zero-order valence-electron chi connectivity index (χ0n) is 6.96. The molecule has 1 saturated heterocycles. The highest BCUT2D eigenvalue weighted by Gasteiger charge is 2.22. The molecule has 1 aliphatic heterocycles. The Bertz CT molecular complexity index is 141. The molecule has 0 aromatic rings. The van der Waals surface area contributed by atoms with E-state index in [0.29, 0.717) is 13.2 Å².